The Balaban J connectivity index is 1.62. The van der Waals surface area contributed by atoms with Gasteiger partial charge < -0.3 is 19.0 Å². The van der Waals surface area contributed by atoms with E-state index in [0.717, 1.165) is 5.56 Å². The predicted octanol–water partition coefficient (Wildman–Crippen LogP) is 2.52. The van der Waals surface area contributed by atoms with E-state index in [1.807, 2.05) is 30.3 Å². The molecule has 12 heteroatoms. The zero-order valence-electron chi connectivity index (χ0n) is 19.4. The molecule has 3 rings (SSSR count). The van der Waals surface area contributed by atoms with Gasteiger partial charge in [-0.1, -0.05) is 41.6 Å². The van der Waals surface area contributed by atoms with Crippen molar-refractivity contribution in [1.82, 2.24) is 25.2 Å². The molecule has 1 amide bonds. The van der Waals surface area contributed by atoms with Crippen LogP contribution in [0.5, 0.6) is 0 Å². The Kier molecular flexibility index (Phi) is 9.00. The number of methoxy groups -OCH3 is 2. The molecule has 0 saturated heterocycles. The van der Waals surface area contributed by atoms with Crippen molar-refractivity contribution in [1.29, 1.82) is 0 Å². The largest absolute Gasteiger partial charge is 0.446 e. The molecule has 2 heterocycles. The van der Waals surface area contributed by atoms with Crippen molar-refractivity contribution in [2.24, 2.45) is 12.2 Å². The van der Waals surface area contributed by atoms with Gasteiger partial charge in [0.15, 0.2) is 18.6 Å². The number of tetrazole rings is 1. The summed E-state index contributed by atoms with van der Waals surface area (Å²) in [6.45, 7) is 1.81. The summed E-state index contributed by atoms with van der Waals surface area (Å²) in [5, 5.41) is 18.4. The summed E-state index contributed by atoms with van der Waals surface area (Å²) in [6.07, 6.45) is -1.12. The molecule has 1 aromatic carbocycles. The Morgan fingerprint density at radius 1 is 1.12 bits per heavy atom. The molecule has 0 radical (unpaired) electrons. The summed E-state index contributed by atoms with van der Waals surface area (Å²) >= 11 is 0. The van der Waals surface area contributed by atoms with Crippen molar-refractivity contribution in [3.05, 3.63) is 65.6 Å². The number of pyridine rings is 1. The number of carbonyl (C=O) groups is 1. The minimum atomic E-state index is -0.636. The van der Waals surface area contributed by atoms with Gasteiger partial charge in [0.1, 0.15) is 11.9 Å². The molecule has 34 heavy (non-hydrogen) atoms. The summed E-state index contributed by atoms with van der Waals surface area (Å²) < 4.78 is 17.1. The second-order valence-corrected chi connectivity index (χ2v) is 7.20. The average Bonchev–Trinajstić information content (AvgIpc) is 3.26. The second-order valence-electron chi connectivity index (χ2n) is 7.20. The summed E-state index contributed by atoms with van der Waals surface area (Å²) in [7, 11) is 4.76. The van der Waals surface area contributed by atoms with Crippen LogP contribution in [-0.4, -0.2) is 63.6 Å². The number of carbonyl (C=O) groups excluding carboxylic acids is 1. The fourth-order valence-corrected chi connectivity index (χ4v) is 2.97. The van der Waals surface area contributed by atoms with E-state index >= 15 is 0 Å². The standard InChI is InChI=1S/C22H27N7O5/c1-15(13-19(31-3)32-4)34-22(30)24-18-12-8-11-17(23-18)14-33-26-20(16-9-6-5-7-10-16)21-25-27-28-29(21)2/h5-12,15,19H,13-14H2,1-4H3,(H,23,24,30). The average molecular weight is 470 g/mol. The van der Waals surface area contributed by atoms with Crippen LogP contribution in [0.1, 0.15) is 30.4 Å². The molecule has 3 aromatic rings. The van der Waals surface area contributed by atoms with Crippen molar-refractivity contribution in [3.63, 3.8) is 0 Å². The molecule has 0 aliphatic heterocycles. The quantitative estimate of drug-likeness (QED) is 0.255. The molecule has 0 aliphatic carbocycles. The number of aromatic nitrogens is 5. The van der Waals surface area contributed by atoms with E-state index in [-0.39, 0.29) is 6.61 Å². The number of hydrogen-bond acceptors (Lipinski definition) is 10. The van der Waals surface area contributed by atoms with Crippen molar-refractivity contribution in [2.75, 3.05) is 19.5 Å². The minimum absolute atomic E-state index is 0.0615. The van der Waals surface area contributed by atoms with E-state index in [4.69, 9.17) is 19.0 Å². The van der Waals surface area contributed by atoms with Crippen LogP contribution in [0.2, 0.25) is 0 Å². The first kappa shape index (κ1) is 24.7. The summed E-state index contributed by atoms with van der Waals surface area (Å²) in [6, 6.07) is 14.6. The molecule has 2 aromatic heterocycles. The van der Waals surface area contributed by atoms with Gasteiger partial charge in [-0.3, -0.25) is 5.32 Å². The van der Waals surface area contributed by atoms with E-state index < -0.39 is 18.5 Å². The molecule has 1 atom stereocenters. The highest BCUT2D eigenvalue weighted by atomic mass is 16.7. The number of nitrogens with one attached hydrogen (secondary N) is 1. The third-order valence-electron chi connectivity index (χ3n) is 4.64. The lowest BCUT2D eigenvalue weighted by atomic mass is 10.1. The normalized spacial score (nSPS) is 12.4. The molecule has 1 N–H and O–H groups in total. The zero-order valence-corrected chi connectivity index (χ0v) is 19.4. The summed E-state index contributed by atoms with van der Waals surface area (Å²) in [5.41, 5.74) is 1.83. The zero-order chi connectivity index (χ0) is 24.3. The van der Waals surface area contributed by atoms with Gasteiger partial charge in [-0.2, -0.15) is 0 Å². The molecule has 0 saturated carbocycles. The van der Waals surface area contributed by atoms with Crippen LogP contribution in [0.3, 0.4) is 0 Å². The summed E-state index contributed by atoms with van der Waals surface area (Å²) in [5.74, 6) is 0.772. The molecular weight excluding hydrogens is 442 g/mol. The Labute approximate surface area is 196 Å². The first-order valence-corrected chi connectivity index (χ1v) is 10.5. The highest BCUT2D eigenvalue weighted by molar-refractivity contribution is 6.10. The number of ether oxygens (including phenoxy) is 3. The molecule has 0 spiro atoms. The Bertz CT molecular complexity index is 1090. The van der Waals surface area contributed by atoms with Crippen molar-refractivity contribution >= 4 is 17.6 Å². The van der Waals surface area contributed by atoms with Crippen molar-refractivity contribution in [3.8, 4) is 0 Å². The highest BCUT2D eigenvalue weighted by Crippen LogP contribution is 2.12. The molecule has 0 bridgehead atoms. The fourth-order valence-electron chi connectivity index (χ4n) is 2.97. The van der Waals surface area contributed by atoms with Gasteiger partial charge in [-0.15, -0.1) is 5.10 Å². The topological polar surface area (TPSA) is 135 Å². The van der Waals surface area contributed by atoms with Crippen LogP contribution >= 0.6 is 0 Å². The van der Waals surface area contributed by atoms with Crippen LogP contribution in [0, 0.1) is 0 Å². The van der Waals surface area contributed by atoms with E-state index in [0.29, 0.717) is 29.5 Å². The number of aryl methyl sites for hydroxylation is 1. The minimum Gasteiger partial charge on any atom is -0.446 e. The number of amides is 1. The Morgan fingerprint density at radius 3 is 2.56 bits per heavy atom. The lowest BCUT2D eigenvalue weighted by molar-refractivity contribution is -0.120. The lowest BCUT2D eigenvalue weighted by Crippen LogP contribution is -2.26. The molecule has 1 unspecified atom stereocenters. The van der Waals surface area contributed by atoms with Gasteiger partial charge in [0.2, 0.25) is 5.82 Å². The molecule has 0 aliphatic rings. The third kappa shape index (κ3) is 7.05. The Hall–Kier alpha value is -3.90. The van der Waals surface area contributed by atoms with Gasteiger partial charge in [-0.05, 0) is 29.5 Å². The maximum absolute atomic E-state index is 12.2. The van der Waals surface area contributed by atoms with E-state index in [1.54, 1.807) is 32.2 Å². The Morgan fingerprint density at radius 2 is 1.88 bits per heavy atom. The monoisotopic (exact) mass is 469 g/mol. The first-order valence-electron chi connectivity index (χ1n) is 10.5. The van der Waals surface area contributed by atoms with Crippen LogP contribution < -0.4 is 5.32 Å². The molecule has 180 valence electrons. The van der Waals surface area contributed by atoms with E-state index in [9.17, 15) is 4.79 Å². The number of oxime groups is 1. The van der Waals surface area contributed by atoms with Gasteiger partial charge in [-0.25, -0.2) is 14.5 Å². The van der Waals surface area contributed by atoms with Crippen LogP contribution in [0.4, 0.5) is 10.6 Å². The van der Waals surface area contributed by atoms with Gasteiger partial charge in [0.25, 0.3) is 0 Å². The maximum Gasteiger partial charge on any atom is 0.413 e. The maximum atomic E-state index is 12.2. The number of rotatable bonds is 11. The summed E-state index contributed by atoms with van der Waals surface area (Å²) in [4.78, 5) is 22.1. The second kappa shape index (κ2) is 12.4. The van der Waals surface area contributed by atoms with Crippen molar-refractivity contribution in [2.45, 2.75) is 32.3 Å². The SMILES string of the molecule is COC(CC(C)OC(=O)Nc1cccc(CON=C(c2ccccc2)c2nnnn2C)n1)OC. The number of hydrogen-bond donors (Lipinski definition) is 1. The molecular formula is C22H27N7O5. The smallest absolute Gasteiger partial charge is 0.413 e. The molecule has 12 nitrogen and oxygen atoms in total. The van der Waals surface area contributed by atoms with E-state index in [2.05, 4.69) is 31.0 Å². The van der Waals surface area contributed by atoms with Gasteiger partial charge in [0, 0.05) is 33.3 Å². The molecule has 0 fully saturated rings. The highest BCUT2D eigenvalue weighted by Gasteiger charge is 2.17. The van der Waals surface area contributed by atoms with Crippen LogP contribution in [0.25, 0.3) is 0 Å². The van der Waals surface area contributed by atoms with Crippen LogP contribution in [0.15, 0.2) is 53.7 Å². The van der Waals surface area contributed by atoms with Crippen molar-refractivity contribution < 1.29 is 23.8 Å². The first-order chi connectivity index (χ1) is 16.5. The predicted molar refractivity (Wildman–Crippen MR) is 122 cm³/mol. The van der Waals surface area contributed by atoms with Crippen LogP contribution in [-0.2, 0) is 32.7 Å². The number of benzene rings is 1. The number of nitrogens with zero attached hydrogens (tertiary/aromatic N) is 6. The van der Waals surface area contributed by atoms with E-state index in [1.165, 1.54) is 18.9 Å². The van der Waals surface area contributed by atoms with Gasteiger partial charge in [0.05, 0.1) is 5.69 Å². The fraction of sp³-hybridized carbons (Fsp3) is 0.364. The van der Waals surface area contributed by atoms with Gasteiger partial charge >= 0.3 is 6.09 Å². The number of anilines is 1. The lowest BCUT2D eigenvalue weighted by Gasteiger charge is -2.18. The third-order valence-corrected chi connectivity index (χ3v) is 4.64.